The lowest BCUT2D eigenvalue weighted by Crippen LogP contribution is -2.49. The average molecular weight is 273 g/mol. The summed E-state index contributed by atoms with van der Waals surface area (Å²) in [6, 6.07) is 5.75. The fourth-order valence-electron chi connectivity index (χ4n) is 1.65. The van der Waals surface area contributed by atoms with Gasteiger partial charge in [0.05, 0.1) is 16.7 Å². The molecule has 0 spiro atoms. The first kappa shape index (κ1) is 14.7. The summed E-state index contributed by atoms with van der Waals surface area (Å²) < 4.78 is 5.84. The molecule has 0 aliphatic carbocycles. The van der Waals surface area contributed by atoms with Crippen molar-refractivity contribution in [3.63, 3.8) is 0 Å². The molecule has 2 aromatic rings. The molecule has 20 heavy (non-hydrogen) atoms. The van der Waals surface area contributed by atoms with Crippen LogP contribution in [0, 0.1) is 0 Å². The molecule has 0 atom stereocenters. The number of anilines is 1. The van der Waals surface area contributed by atoms with Gasteiger partial charge in [0.1, 0.15) is 12.1 Å². The number of aromatic nitrogens is 2. The molecule has 0 fully saturated rings. The summed E-state index contributed by atoms with van der Waals surface area (Å²) in [6.07, 6.45) is 1.45. The van der Waals surface area contributed by atoms with Crippen molar-refractivity contribution in [2.24, 2.45) is 0 Å². The lowest BCUT2D eigenvalue weighted by atomic mass is 9.82. The lowest BCUT2D eigenvalue weighted by Gasteiger charge is -2.37. The fourth-order valence-corrected chi connectivity index (χ4v) is 1.65. The number of hydrogen-bond donors (Lipinski definition) is 2. The average Bonchev–Trinajstić information content (AvgIpc) is 2.36. The highest BCUT2D eigenvalue weighted by Gasteiger charge is 2.35. The minimum Gasteiger partial charge on any atom is -0.427 e. The van der Waals surface area contributed by atoms with E-state index in [0.717, 1.165) is 16.4 Å². The summed E-state index contributed by atoms with van der Waals surface area (Å²) in [7, 11) is 0.390. The molecule has 0 amide bonds. The number of aliphatic hydroxyl groups is 1. The molecule has 0 saturated heterocycles. The molecular weight excluding hydrogens is 253 g/mol. The van der Waals surface area contributed by atoms with E-state index in [1.165, 1.54) is 6.33 Å². The van der Waals surface area contributed by atoms with Crippen LogP contribution in [0.4, 0.5) is 5.82 Å². The number of benzene rings is 1. The smallest absolute Gasteiger partial charge is 0.309 e. The van der Waals surface area contributed by atoms with Gasteiger partial charge in [0.15, 0.2) is 0 Å². The normalized spacial score (nSPS) is 12.7. The first-order chi connectivity index (χ1) is 9.21. The van der Waals surface area contributed by atoms with E-state index in [2.05, 4.69) is 9.97 Å². The van der Waals surface area contributed by atoms with E-state index in [4.69, 9.17) is 10.4 Å². The van der Waals surface area contributed by atoms with Gasteiger partial charge in [-0.25, -0.2) is 9.97 Å². The first-order valence-corrected chi connectivity index (χ1v) is 6.56. The van der Waals surface area contributed by atoms with Crippen LogP contribution in [0.2, 0.25) is 0 Å². The summed E-state index contributed by atoms with van der Waals surface area (Å²) in [5.74, 6) is 0.457. The maximum Gasteiger partial charge on any atom is 0.309 e. The van der Waals surface area contributed by atoms with Crippen molar-refractivity contribution in [2.75, 3.05) is 5.73 Å². The van der Waals surface area contributed by atoms with Crippen molar-refractivity contribution in [1.82, 2.24) is 9.97 Å². The van der Waals surface area contributed by atoms with Crippen molar-refractivity contribution in [1.29, 1.82) is 0 Å². The van der Waals surface area contributed by atoms with E-state index in [0.29, 0.717) is 13.3 Å². The second kappa shape index (κ2) is 5.03. The number of hydrogen-bond acceptors (Lipinski definition) is 5. The molecule has 1 heterocycles. The van der Waals surface area contributed by atoms with Crippen LogP contribution in [0.15, 0.2) is 24.5 Å². The van der Waals surface area contributed by atoms with Crippen LogP contribution in [0.25, 0.3) is 10.9 Å². The lowest BCUT2D eigenvalue weighted by molar-refractivity contribution is -0.0893. The van der Waals surface area contributed by atoms with Gasteiger partial charge in [-0.3, -0.25) is 0 Å². The molecule has 5 nitrogen and oxygen atoms in total. The van der Waals surface area contributed by atoms with Crippen molar-refractivity contribution in [3.8, 4) is 0 Å². The zero-order valence-corrected chi connectivity index (χ0v) is 12.3. The second-order valence-corrected chi connectivity index (χ2v) is 5.97. The van der Waals surface area contributed by atoms with Crippen molar-refractivity contribution >= 4 is 29.7 Å². The molecule has 0 aliphatic heterocycles. The SMILES string of the molecule is CC(C)(O)C(C)(C)OBc1ccc2ncnc(N)c2c1. The van der Waals surface area contributed by atoms with Crippen LogP contribution in [0.3, 0.4) is 0 Å². The van der Waals surface area contributed by atoms with E-state index in [1.54, 1.807) is 13.8 Å². The van der Waals surface area contributed by atoms with Gasteiger partial charge in [0.2, 0.25) is 0 Å². The molecule has 0 saturated carbocycles. The van der Waals surface area contributed by atoms with Crippen LogP contribution in [-0.2, 0) is 4.65 Å². The molecule has 6 heteroatoms. The minimum atomic E-state index is -0.925. The Bertz CT molecular complexity index is 623. The van der Waals surface area contributed by atoms with Crippen LogP contribution < -0.4 is 11.2 Å². The predicted octanol–water partition coefficient (Wildman–Crippen LogP) is 0.755. The topological polar surface area (TPSA) is 81.3 Å². The quantitative estimate of drug-likeness (QED) is 0.803. The Morgan fingerprint density at radius 2 is 1.90 bits per heavy atom. The fraction of sp³-hybridized carbons (Fsp3) is 0.429. The largest absolute Gasteiger partial charge is 0.427 e. The zero-order chi connectivity index (χ0) is 15.0. The van der Waals surface area contributed by atoms with Gasteiger partial charge in [-0.1, -0.05) is 17.6 Å². The third-order valence-electron chi connectivity index (χ3n) is 3.80. The maximum atomic E-state index is 10.1. The number of nitrogens with two attached hydrogens (primary N) is 1. The van der Waals surface area contributed by atoms with E-state index in [9.17, 15) is 5.11 Å². The van der Waals surface area contributed by atoms with Crippen LogP contribution >= 0.6 is 0 Å². The van der Waals surface area contributed by atoms with Crippen LogP contribution in [0.1, 0.15) is 27.7 Å². The van der Waals surface area contributed by atoms with Gasteiger partial charge < -0.3 is 15.5 Å². The zero-order valence-electron chi connectivity index (χ0n) is 12.3. The van der Waals surface area contributed by atoms with Gasteiger partial charge in [0.25, 0.3) is 0 Å². The van der Waals surface area contributed by atoms with Crippen molar-refractivity contribution in [2.45, 2.75) is 38.9 Å². The Hall–Kier alpha value is -1.66. The maximum absolute atomic E-state index is 10.1. The first-order valence-electron chi connectivity index (χ1n) is 6.56. The molecule has 0 radical (unpaired) electrons. The van der Waals surface area contributed by atoms with E-state index >= 15 is 0 Å². The van der Waals surface area contributed by atoms with Crippen LogP contribution in [0.5, 0.6) is 0 Å². The molecule has 0 aliphatic rings. The molecule has 0 unspecified atom stereocenters. The van der Waals surface area contributed by atoms with Gasteiger partial charge >= 0.3 is 7.48 Å². The monoisotopic (exact) mass is 273 g/mol. The summed E-state index contributed by atoms with van der Waals surface area (Å²) in [4.78, 5) is 8.14. The summed E-state index contributed by atoms with van der Waals surface area (Å²) in [5, 5.41) is 10.9. The number of nitrogens with zero attached hydrogens (tertiary/aromatic N) is 2. The second-order valence-electron chi connectivity index (χ2n) is 5.97. The molecule has 1 aromatic carbocycles. The molecular formula is C14H20BN3O2. The van der Waals surface area contributed by atoms with Gasteiger partial charge in [-0.05, 0) is 33.8 Å². The molecule has 3 N–H and O–H groups in total. The Morgan fingerprint density at radius 3 is 2.55 bits per heavy atom. The van der Waals surface area contributed by atoms with Gasteiger partial charge in [0, 0.05) is 5.39 Å². The highest BCUT2D eigenvalue weighted by molar-refractivity contribution is 6.47. The Kier molecular flexibility index (Phi) is 3.71. The molecule has 2 rings (SSSR count). The molecule has 0 bridgehead atoms. The van der Waals surface area contributed by atoms with E-state index in [1.807, 2.05) is 32.0 Å². The van der Waals surface area contributed by atoms with Gasteiger partial charge in [-0.2, -0.15) is 0 Å². The number of rotatable bonds is 4. The van der Waals surface area contributed by atoms with E-state index in [-0.39, 0.29) is 0 Å². The minimum absolute atomic E-state index is 0.390. The Labute approximate surface area is 119 Å². The highest BCUT2D eigenvalue weighted by atomic mass is 16.5. The number of nitrogen functional groups attached to an aromatic ring is 1. The van der Waals surface area contributed by atoms with Crippen LogP contribution in [-0.4, -0.2) is 33.8 Å². The predicted molar refractivity (Wildman–Crippen MR) is 82.2 cm³/mol. The summed E-state index contributed by atoms with van der Waals surface area (Å²) in [5.41, 5.74) is 6.04. The summed E-state index contributed by atoms with van der Waals surface area (Å²) >= 11 is 0. The Morgan fingerprint density at radius 1 is 1.20 bits per heavy atom. The van der Waals surface area contributed by atoms with Crippen molar-refractivity contribution < 1.29 is 9.76 Å². The van der Waals surface area contributed by atoms with E-state index < -0.39 is 11.2 Å². The Balaban J connectivity index is 2.21. The van der Waals surface area contributed by atoms with Gasteiger partial charge in [-0.15, -0.1) is 0 Å². The molecule has 106 valence electrons. The highest BCUT2D eigenvalue weighted by Crippen LogP contribution is 2.24. The summed E-state index contributed by atoms with van der Waals surface area (Å²) in [6.45, 7) is 7.20. The number of fused-ring (bicyclic) bond motifs is 1. The van der Waals surface area contributed by atoms with Crippen molar-refractivity contribution in [3.05, 3.63) is 24.5 Å². The molecule has 1 aromatic heterocycles. The third kappa shape index (κ3) is 2.91. The third-order valence-corrected chi connectivity index (χ3v) is 3.80. The standard InChI is InChI=1S/C14H20BN3O2/c1-13(2,19)14(3,4)20-15-9-5-6-11-10(7-9)12(16)18-8-17-11/h5-8,15,19H,1-4H3,(H2,16,17,18).